The van der Waals surface area contributed by atoms with E-state index in [1.54, 1.807) is 18.4 Å². The Hall–Kier alpha value is -1.55. The molecule has 1 aromatic carbocycles. The molecular formula is C20H31IN4O2S. The standard InChI is InChI=1S/C20H30N4O2S.HI/c1-7-21-19(22-12-18-24-17(13-27-18)20(3,4)5)23-14-9-10-15(25-6)16(11-14)26-8-2;/h9-11,13H,7-8,12H2,1-6H3,(H2,21,22,23);1H. The molecule has 0 bridgehead atoms. The first-order valence-corrected chi connectivity index (χ1v) is 10.1. The normalized spacial score (nSPS) is 11.6. The van der Waals surface area contributed by atoms with Gasteiger partial charge >= 0.3 is 0 Å². The van der Waals surface area contributed by atoms with Crippen molar-refractivity contribution in [3.8, 4) is 11.5 Å². The zero-order valence-electron chi connectivity index (χ0n) is 17.5. The van der Waals surface area contributed by atoms with Crippen LogP contribution in [0.15, 0.2) is 28.6 Å². The Balaban J connectivity index is 0.00000392. The van der Waals surface area contributed by atoms with Crippen molar-refractivity contribution in [2.75, 3.05) is 25.6 Å². The second-order valence-electron chi connectivity index (χ2n) is 7.00. The van der Waals surface area contributed by atoms with Crippen molar-refractivity contribution in [3.05, 3.63) is 34.3 Å². The van der Waals surface area contributed by atoms with Gasteiger partial charge in [0.2, 0.25) is 0 Å². The van der Waals surface area contributed by atoms with E-state index in [9.17, 15) is 0 Å². The van der Waals surface area contributed by atoms with E-state index in [0.717, 1.165) is 22.9 Å². The van der Waals surface area contributed by atoms with Crippen LogP contribution in [0.25, 0.3) is 0 Å². The number of benzene rings is 1. The van der Waals surface area contributed by atoms with Gasteiger partial charge in [-0.15, -0.1) is 35.3 Å². The van der Waals surface area contributed by atoms with Crippen molar-refractivity contribution in [2.24, 2.45) is 4.99 Å². The highest BCUT2D eigenvalue weighted by Crippen LogP contribution is 2.30. The van der Waals surface area contributed by atoms with Crippen molar-refractivity contribution in [1.29, 1.82) is 0 Å². The summed E-state index contributed by atoms with van der Waals surface area (Å²) in [4.78, 5) is 9.36. The second-order valence-corrected chi connectivity index (χ2v) is 7.94. The van der Waals surface area contributed by atoms with Crippen LogP contribution >= 0.6 is 35.3 Å². The Morgan fingerprint density at radius 1 is 1.21 bits per heavy atom. The van der Waals surface area contributed by atoms with Gasteiger partial charge in [-0.1, -0.05) is 20.8 Å². The molecule has 0 fully saturated rings. The number of thiazole rings is 1. The van der Waals surface area contributed by atoms with Crippen LogP contribution in [0.2, 0.25) is 0 Å². The molecule has 0 atom stereocenters. The van der Waals surface area contributed by atoms with Crippen molar-refractivity contribution in [2.45, 2.75) is 46.6 Å². The molecule has 0 spiro atoms. The fourth-order valence-corrected chi connectivity index (χ4v) is 3.29. The number of hydrogen-bond donors (Lipinski definition) is 2. The number of nitrogens with one attached hydrogen (secondary N) is 2. The summed E-state index contributed by atoms with van der Waals surface area (Å²) in [6, 6.07) is 5.74. The van der Waals surface area contributed by atoms with Crippen LogP contribution < -0.4 is 20.1 Å². The third-order valence-corrected chi connectivity index (χ3v) is 4.60. The Morgan fingerprint density at radius 3 is 2.54 bits per heavy atom. The maximum absolute atomic E-state index is 5.64. The average molecular weight is 518 g/mol. The maximum atomic E-state index is 5.64. The van der Waals surface area contributed by atoms with E-state index in [0.29, 0.717) is 30.6 Å². The molecule has 8 heteroatoms. The van der Waals surface area contributed by atoms with Crippen LogP contribution in [-0.4, -0.2) is 31.2 Å². The first-order valence-electron chi connectivity index (χ1n) is 9.18. The molecule has 0 aliphatic rings. The number of methoxy groups -OCH3 is 1. The second kappa shape index (κ2) is 11.5. The van der Waals surface area contributed by atoms with Crippen LogP contribution in [0.5, 0.6) is 11.5 Å². The Bertz CT molecular complexity index is 772. The largest absolute Gasteiger partial charge is 0.493 e. The Kier molecular flexibility index (Phi) is 10.0. The third-order valence-electron chi connectivity index (χ3n) is 3.76. The van der Waals surface area contributed by atoms with Crippen LogP contribution in [0.1, 0.15) is 45.3 Å². The first-order chi connectivity index (χ1) is 12.9. The quantitative estimate of drug-likeness (QED) is 0.305. The molecule has 0 amide bonds. The summed E-state index contributed by atoms with van der Waals surface area (Å²) < 4.78 is 11.0. The fourth-order valence-electron chi connectivity index (χ4n) is 2.34. The molecule has 0 saturated heterocycles. The molecule has 2 N–H and O–H groups in total. The van der Waals surface area contributed by atoms with Crippen molar-refractivity contribution in [3.63, 3.8) is 0 Å². The SMILES string of the molecule is CCNC(=NCc1nc(C(C)(C)C)cs1)Nc1ccc(OC)c(OCC)c1.I. The molecular weight excluding hydrogens is 487 g/mol. The van der Waals surface area contributed by atoms with Gasteiger partial charge in [0.05, 0.1) is 26.0 Å². The van der Waals surface area contributed by atoms with Gasteiger partial charge in [-0.3, -0.25) is 0 Å². The van der Waals surface area contributed by atoms with Gasteiger partial charge in [0.1, 0.15) is 5.01 Å². The van der Waals surface area contributed by atoms with Gasteiger partial charge in [-0.25, -0.2) is 9.98 Å². The molecule has 1 heterocycles. The number of aromatic nitrogens is 1. The van der Waals surface area contributed by atoms with E-state index in [1.807, 2.05) is 32.0 Å². The monoisotopic (exact) mass is 518 g/mol. The summed E-state index contributed by atoms with van der Waals surface area (Å²) in [6.07, 6.45) is 0. The predicted octanol–water partition coefficient (Wildman–Crippen LogP) is 5.04. The molecule has 0 aliphatic carbocycles. The molecule has 0 unspecified atom stereocenters. The molecule has 6 nitrogen and oxygen atoms in total. The number of rotatable bonds is 7. The number of ether oxygens (including phenoxy) is 2. The molecule has 2 aromatic rings. The third kappa shape index (κ3) is 7.12. The number of hydrogen-bond acceptors (Lipinski definition) is 5. The van der Waals surface area contributed by atoms with Gasteiger partial charge in [-0.05, 0) is 26.0 Å². The molecule has 2 rings (SSSR count). The highest BCUT2D eigenvalue weighted by molar-refractivity contribution is 14.0. The lowest BCUT2D eigenvalue weighted by Crippen LogP contribution is -2.30. The molecule has 0 radical (unpaired) electrons. The van der Waals surface area contributed by atoms with E-state index in [4.69, 9.17) is 14.5 Å². The zero-order valence-corrected chi connectivity index (χ0v) is 20.6. The van der Waals surface area contributed by atoms with Crippen molar-refractivity contribution >= 4 is 47.0 Å². The number of aliphatic imine (C=N–C) groups is 1. The number of halogens is 1. The van der Waals surface area contributed by atoms with E-state index in [-0.39, 0.29) is 29.4 Å². The Morgan fingerprint density at radius 2 is 1.96 bits per heavy atom. The van der Waals surface area contributed by atoms with Crippen molar-refractivity contribution in [1.82, 2.24) is 10.3 Å². The lowest BCUT2D eigenvalue weighted by Gasteiger charge is -2.14. The topological polar surface area (TPSA) is 67.8 Å². The number of guanidine groups is 1. The van der Waals surface area contributed by atoms with Gasteiger partial charge in [0, 0.05) is 29.1 Å². The lowest BCUT2D eigenvalue weighted by atomic mass is 9.93. The van der Waals surface area contributed by atoms with Gasteiger partial charge < -0.3 is 20.1 Å². The van der Waals surface area contributed by atoms with Crippen LogP contribution in [-0.2, 0) is 12.0 Å². The van der Waals surface area contributed by atoms with Crippen LogP contribution in [0.3, 0.4) is 0 Å². The summed E-state index contributed by atoms with van der Waals surface area (Å²) in [5, 5.41) is 9.70. The zero-order chi connectivity index (χ0) is 19.9. The van der Waals surface area contributed by atoms with Crippen LogP contribution in [0.4, 0.5) is 5.69 Å². The van der Waals surface area contributed by atoms with E-state index >= 15 is 0 Å². The van der Waals surface area contributed by atoms with Gasteiger partial charge in [-0.2, -0.15) is 0 Å². The fraction of sp³-hybridized carbons (Fsp3) is 0.500. The summed E-state index contributed by atoms with van der Waals surface area (Å²) in [7, 11) is 1.64. The molecule has 28 heavy (non-hydrogen) atoms. The molecule has 0 saturated carbocycles. The van der Waals surface area contributed by atoms with Gasteiger partial charge in [0.15, 0.2) is 17.5 Å². The summed E-state index contributed by atoms with van der Waals surface area (Å²) in [5.41, 5.74) is 2.04. The minimum absolute atomic E-state index is 0. The highest BCUT2D eigenvalue weighted by Gasteiger charge is 2.17. The highest BCUT2D eigenvalue weighted by atomic mass is 127. The molecule has 1 aromatic heterocycles. The average Bonchev–Trinajstić information content (AvgIpc) is 3.10. The minimum Gasteiger partial charge on any atom is -0.493 e. The predicted molar refractivity (Wildman–Crippen MR) is 129 cm³/mol. The maximum Gasteiger partial charge on any atom is 0.196 e. The van der Waals surface area contributed by atoms with Crippen molar-refractivity contribution < 1.29 is 9.47 Å². The van der Waals surface area contributed by atoms with Crippen LogP contribution in [0, 0.1) is 0 Å². The minimum atomic E-state index is 0. The molecule has 0 aliphatic heterocycles. The smallest absolute Gasteiger partial charge is 0.196 e. The van der Waals surface area contributed by atoms with E-state index < -0.39 is 0 Å². The summed E-state index contributed by atoms with van der Waals surface area (Å²) >= 11 is 1.65. The summed E-state index contributed by atoms with van der Waals surface area (Å²) in [5.74, 6) is 2.12. The van der Waals surface area contributed by atoms with E-state index in [1.165, 1.54) is 0 Å². The van der Waals surface area contributed by atoms with E-state index in [2.05, 4.69) is 41.8 Å². The first kappa shape index (κ1) is 24.5. The summed E-state index contributed by atoms with van der Waals surface area (Å²) in [6.45, 7) is 12.4. The van der Waals surface area contributed by atoms with Gasteiger partial charge in [0.25, 0.3) is 0 Å². The lowest BCUT2D eigenvalue weighted by molar-refractivity contribution is 0.311. The molecule has 156 valence electrons. The number of nitrogens with zero attached hydrogens (tertiary/aromatic N) is 2. The number of anilines is 1. The Labute approximate surface area is 189 Å².